The zero-order valence-electron chi connectivity index (χ0n) is 15.6. The molecule has 0 amide bonds. The van der Waals surface area contributed by atoms with Gasteiger partial charge in [-0.15, -0.1) is 0 Å². The van der Waals surface area contributed by atoms with Crippen molar-refractivity contribution >= 4 is 29.2 Å². The fourth-order valence-corrected chi connectivity index (χ4v) is 3.00. The summed E-state index contributed by atoms with van der Waals surface area (Å²) in [6, 6.07) is 20.7. The maximum absolute atomic E-state index is 5.35. The summed E-state index contributed by atoms with van der Waals surface area (Å²) in [5, 5.41) is 7.96. The van der Waals surface area contributed by atoms with E-state index in [0.717, 1.165) is 24.3 Å². The Morgan fingerprint density at radius 1 is 1.07 bits per heavy atom. The summed E-state index contributed by atoms with van der Waals surface area (Å²) >= 11 is 5.35. The highest BCUT2D eigenvalue weighted by Gasteiger charge is 2.02. The number of nitrogens with one attached hydrogen (secondary N) is 2. The summed E-state index contributed by atoms with van der Waals surface area (Å²) in [7, 11) is 0. The number of rotatable bonds is 6. The van der Waals surface area contributed by atoms with Crippen LogP contribution in [0.5, 0.6) is 0 Å². The Morgan fingerprint density at radius 2 is 1.85 bits per heavy atom. The molecule has 2 aromatic carbocycles. The van der Waals surface area contributed by atoms with E-state index < -0.39 is 0 Å². The Hall–Kier alpha value is -2.92. The van der Waals surface area contributed by atoms with Crippen molar-refractivity contribution in [3.8, 4) is 0 Å². The van der Waals surface area contributed by atoms with Crippen LogP contribution in [0.4, 0.5) is 5.69 Å². The second-order valence-electron chi connectivity index (χ2n) is 6.38. The number of hydrogen-bond acceptors (Lipinski definition) is 2. The standard InChI is InChI=1S/C22H24N4S/c1-3-19-7-4-5-9-21(19)24-22(27)25-23-15-20-8-6-14-26(20)16-18-12-10-17(2)11-13-18/h4-15H,3,16H2,1-2H3,(H2,24,25,27)/b23-15+. The highest BCUT2D eigenvalue weighted by atomic mass is 32.1. The maximum Gasteiger partial charge on any atom is 0.191 e. The van der Waals surface area contributed by atoms with Crippen molar-refractivity contribution in [2.75, 3.05) is 5.32 Å². The highest BCUT2D eigenvalue weighted by Crippen LogP contribution is 2.15. The van der Waals surface area contributed by atoms with E-state index in [9.17, 15) is 0 Å². The Labute approximate surface area is 165 Å². The minimum Gasteiger partial charge on any atom is -0.342 e. The summed E-state index contributed by atoms with van der Waals surface area (Å²) in [5.74, 6) is 0. The predicted molar refractivity (Wildman–Crippen MR) is 117 cm³/mol. The van der Waals surface area contributed by atoms with Crippen LogP contribution in [-0.4, -0.2) is 15.9 Å². The van der Waals surface area contributed by atoms with E-state index in [-0.39, 0.29) is 0 Å². The third-order valence-corrected chi connectivity index (χ3v) is 4.54. The fourth-order valence-electron chi connectivity index (χ4n) is 2.84. The van der Waals surface area contributed by atoms with Crippen LogP contribution in [0.15, 0.2) is 72.0 Å². The molecule has 3 aromatic rings. The van der Waals surface area contributed by atoms with Gasteiger partial charge in [0.1, 0.15) is 0 Å². The Balaban J connectivity index is 1.59. The van der Waals surface area contributed by atoms with Gasteiger partial charge in [0, 0.05) is 18.4 Å². The summed E-state index contributed by atoms with van der Waals surface area (Å²) in [5.41, 5.74) is 8.66. The van der Waals surface area contributed by atoms with Crippen molar-refractivity contribution in [1.82, 2.24) is 9.99 Å². The van der Waals surface area contributed by atoms with Crippen LogP contribution in [-0.2, 0) is 13.0 Å². The molecule has 0 aliphatic carbocycles. The SMILES string of the molecule is CCc1ccccc1NC(=S)N/N=C/c1cccn1Cc1ccc(C)cc1. The lowest BCUT2D eigenvalue weighted by Gasteiger charge is -2.11. The number of anilines is 1. The number of thiocarbonyl (C=S) groups is 1. The van der Waals surface area contributed by atoms with E-state index >= 15 is 0 Å². The van der Waals surface area contributed by atoms with Gasteiger partial charge in [-0.05, 0) is 54.9 Å². The van der Waals surface area contributed by atoms with E-state index in [4.69, 9.17) is 12.2 Å². The first-order valence-electron chi connectivity index (χ1n) is 9.04. The molecule has 0 spiro atoms. The number of nitrogens with zero attached hydrogens (tertiary/aromatic N) is 2. The van der Waals surface area contributed by atoms with Gasteiger partial charge in [0.05, 0.1) is 11.9 Å². The molecule has 5 heteroatoms. The second-order valence-corrected chi connectivity index (χ2v) is 6.79. The van der Waals surface area contributed by atoms with Crippen LogP contribution in [0.1, 0.15) is 29.3 Å². The van der Waals surface area contributed by atoms with Crippen molar-refractivity contribution < 1.29 is 0 Å². The first kappa shape index (κ1) is 18.9. The summed E-state index contributed by atoms with van der Waals surface area (Å²) < 4.78 is 2.15. The molecule has 138 valence electrons. The van der Waals surface area contributed by atoms with Crippen LogP contribution < -0.4 is 10.7 Å². The molecule has 0 radical (unpaired) electrons. The van der Waals surface area contributed by atoms with Crippen LogP contribution >= 0.6 is 12.2 Å². The van der Waals surface area contributed by atoms with Crippen molar-refractivity contribution in [2.24, 2.45) is 5.10 Å². The van der Waals surface area contributed by atoms with Crippen LogP contribution in [0, 0.1) is 6.92 Å². The van der Waals surface area contributed by atoms with E-state index in [1.807, 2.05) is 30.3 Å². The lowest BCUT2D eigenvalue weighted by Crippen LogP contribution is -2.24. The highest BCUT2D eigenvalue weighted by molar-refractivity contribution is 7.80. The molecule has 1 aromatic heterocycles. The van der Waals surface area contributed by atoms with Gasteiger partial charge in [0.15, 0.2) is 5.11 Å². The Morgan fingerprint density at radius 3 is 2.63 bits per heavy atom. The molecule has 4 nitrogen and oxygen atoms in total. The monoisotopic (exact) mass is 376 g/mol. The van der Waals surface area contributed by atoms with Gasteiger partial charge in [-0.2, -0.15) is 5.10 Å². The minimum absolute atomic E-state index is 0.476. The largest absolute Gasteiger partial charge is 0.342 e. The lowest BCUT2D eigenvalue weighted by atomic mass is 10.1. The van der Waals surface area contributed by atoms with Gasteiger partial charge < -0.3 is 9.88 Å². The smallest absolute Gasteiger partial charge is 0.191 e. The molecule has 0 bridgehead atoms. The average Bonchev–Trinajstić information content (AvgIpc) is 3.11. The van der Waals surface area contributed by atoms with Gasteiger partial charge in [0.25, 0.3) is 0 Å². The number of hydrogen-bond donors (Lipinski definition) is 2. The molecule has 0 fully saturated rings. The molecular formula is C22H24N4S. The molecule has 3 rings (SSSR count). The number of aryl methyl sites for hydroxylation is 2. The quantitative estimate of drug-likeness (QED) is 0.371. The van der Waals surface area contributed by atoms with Gasteiger partial charge in [-0.3, -0.25) is 5.43 Å². The van der Waals surface area contributed by atoms with Crippen molar-refractivity contribution in [2.45, 2.75) is 26.8 Å². The molecular weight excluding hydrogens is 352 g/mol. The lowest BCUT2D eigenvalue weighted by molar-refractivity contribution is 0.798. The second kappa shape index (κ2) is 9.14. The van der Waals surface area contributed by atoms with E-state index in [1.54, 1.807) is 6.21 Å². The summed E-state index contributed by atoms with van der Waals surface area (Å²) in [6.45, 7) is 5.03. The van der Waals surface area contributed by atoms with Gasteiger partial charge >= 0.3 is 0 Å². The molecule has 1 heterocycles. The van der Waals surface area contributed by atoms with E-state index in [0.29, 0.717) is 5.11 Å². The average molecular weight is 377 g/mol. The van der Waals surface area contributed by atoms with Gasteiger partial charge in [0.2, 0.25) is 0 Å². The topological polar surface area (TPSA) is 41.4 Å². The number of para-hydroxylation sites is 1. The number of benzene rings is 2. The van der Waals surface area contributed by atoms with Crippen LogP contribution in [0.3, 0.4) is 0 Å². The summed E-state index contributed by atoms with van der Waals surface area (Å²) in [6.07, 6.45) is 4.78. The minimum atomic E-state index is 0.476. The van der Waals surface area contributed by atoms with Gasteiger partial charge in [-0.25, -0.2) is 0 Å². The molecule has 0 saturated heterocycles. The predicted octanol–water partition coefficient (Wildman–Crippen LogP) is 4.73. The molecule has 0 aliphatic heterocycles. The fraction of sp³-hybridized carbons (Fsp3) is 0.182. The van der Waals surface area contributed by atoms with Gasteiger partial charge in [-0.1, -0.05) is 55.0 Å². The molecule has 27 heavy (non-hydrogen) atoms. The zero-order valence-corrected chi connectivity index (χ0v) is 16.5. The van der Waals surface area contributed by atoms with E-state index in [1.165, 1.54) is 16.7 Å². The maximum atomic E-state index is 5.35. The molecule has 0 unspecified atom stereocenters. The third kappa shape index (κ3) is 5.28. The molecule has 0 aliphatic rings. The normalized spacial score (nSPS) is 10.9. The first-order valence-corrected chi connectivity index (χ1v) is 9.45. The van der Waals surface area contributed by atoms with Crippen molar-refractivity contribution in [3.63, 3.8) is 0 Å². The summed E-state index contributed by atoms with van der Waals surface area (Å²) in [4.78, 5) is 0. The Bertz CT molecular complexity index is 925. The van der Waals surface area contributed by atoms with Crippen molar-refractivity contribution in [1.29, 1.82) is 0 Å². The van der Waals surface area contributed by atoms with E-state index in [2.05, 4.69) is 70.8 Å². The molecule has 0 saturated carbocycles. The third-order valence-electron chi connectivity index (χ3n) is 4.35. The number of aromatic nitrogens is 1. The van der Waals surface area contributed by atoms with Crippen molar-refractivity contribution in [3.05, 3.63) is 89.2 Å². The number of hydrazone groups is 1. The van der Waals surface area contributed by atoms with Crippen LogP contribution in [0.2, 0.25) is 0 Å². The van der Waals surface area contributed by atoms with Crippen LogP contribution in [0.25, 0.3) is 0 Å². The molecule has 2 N–H and O–H groups in total. The molecule has 0 atom stereocenters. The first-order chi connectivity index (χ1) is 13.2. The Kier molecular flexibility index (Phi) is 6.39. The zero-order chi connectivity index (χ0) is 19.1.